The molecule has 1 atom stereocenters. The second-order valence-electron chi connectivity index (χ2n) is 6.97. The van der Waals surface area contributed by atoms with Crippen LogP contribution in [0.25, 0.3) is 0 Å². The fourth-order valence-electron chi connectivity index (χ4n) is 3.09. The largest absolute Gasteiger partial charge is 0.351 e. The first kappa shape index (κ1) is 19.9. The molecule has 4 nitrogen and oxygen atoms in total. The van der Waals surface area contributed by atoms with Gasteiger partial charge < -0.3 is 16.0 Å². The number of halogens is 2. The van der Waals surface area contributed by atoms with E-state index in [-0.39, 0.29) is 5.69 Å². The number of carbonyl (C=O) groups is 1. The molecule has 1 heterocycles. The molecule has 2 aromatic rings. The first-order valence-electron chi connectivity index (χ1n) is 8.91. The van der Waals surface area contributed by atoms with E-state index in [1.54, 1.807) is 6.92 Å². The van der Waals surface area contributed by atoms with Gasteiger partial charge in [-0.25, -0.2) is 8.78 Å². The Morgan fingerprint density at radius 3 is 2.39 bits per heavy atom. The maximum atomic E-state index is 13.5. The van der Waals surface area contributed by atoms with Crippen molar-refractivity contribution in [1.29, 1.82) is 0 Å². The van der Waals surface area contributed by atoms with E-state index in [0.29, 0.717) is 22.3 Å². The minimum absolute atomic E-state index is 0.172. The second kappa shape index (κ2) is 8.06. The van der Waals surface area contributed by atoms with Crippen LogP contribution in [0.5, 0.6) is 0 Å². The molecule has 146 valence electrons. The van der Waals surface area contributed by atoms with Crippen molar-refractivity contribution in [2.45, 2.75) is 32.7 Å². The van der Waals surface area contributed by atoms with Crippen LogP contribution in [0.3, 0.4) is 0 Å². The van der Waals surface area contributed by atoms with E-state index in [4.69, 9.17) is 12.2 Å². The number of benzene rings is 2. The molecule has 1 aliphatic heterocycles. The van der Waals surface area contributed by atoms with E-state index < -0.39 is 23.6 Å². The predicted molar refractivity (Wildman–Crippen MR) is 110 cm³/mol. The van der Waals surface area contributed by atoms with Crippen molar-refractivity contribution in [2.24, 2.45) is 0 Å². The number of hydrogen-bond acceptors (Lipinski definition) is 2. The molecule has 0 saturated carbocycles. The van der Waals surface area contributed by atoms with E-state index in [0.717, 1.165) is 17.7 Å². The smallest absolute Gasteiger partial charge is 0.255 e. The minimum Gasteiger partial charge on any atom is -0.351 e. The highest BCUT2D eigenvalue weighted by atomic mass is 32.1. The van der Waals surface area contributed by atoms with Gasteiger partial charge in [0.2, 0.25) is 0 Å². The summed E-state index contributed by atoms with van der Waals surface area (Å²) in [6.07, 6.45) is 0. The van der Waals surface area contributed by atoms with Crippen LogP contribution in [0, 0.1) is 11.6 Å². The highest BCUT2D eigenvalue weighted by Gasteiger charge is 2.30. The highest BCUT2D eigenvalue weighted by Crippen LogP contribution is 2.29. The van der Waals surface area contributed by atoms with Crippen molar-refractivity contribution in [3.05, 3.63) is 76.5 Å². The first-order valence-corrected chi connectivity index (χ1v) is 9.31. The summed E-state index contributed by atoms with van der Waals surface area (Å²) in [5.74, 6) is -2.03. The van der Waals surface area contributed by atoms with Crippen molar-refractivity contribution >= 4 is 28.9 Å². The fourth-order valence-corrected chi connectivity index (χ4v) is 3.36. The molecule has 0 unspecified atom stereocenters. The van der Waals surface area contributed by atoms with Crippen LogP contribution in [0.2, 0.25) is 0 Å². The minimum atomic E-state index is -1.02. The Kier molecular flexibility index (Phi) is 5.74. The molecule has 3 N–H and O–H groups in total. The highest BCUT2D eigenvalue weighted by molar-refractivity contribution is 7.80. The lowest BCUT2D eigenvalue weighted by Gasteiger charge is -2.30. The summed E-state index contributed by atoms with van der Waals surface area (Å²) in [5, 5.41) is 9.11. The normalized spacial score (nSPS) is 16.6. The maximum absolute atomic E-state index is 13.5. The van der Waals surface area contributed by atoms with Crippen LogP contribution in [0.1, 0.15) is 43.9 Å². The number of nitrogens with one attached hydrogen (secondary N) is 3. The summed E-state index contributed by atoms with van der Waals surface area (Å²) >= 11 is 5.25. The lowest BCUT2D eigenvalue weighted by Crippen LogP contribution is -2.45. The molecule has 0 spiro atoms. The molecule has 0 saturated heterocycles. The fraction of sp³-hybridized carbons (Fsp3) is 0.238. The Balaban J connectivity index is 1.92. The maximum Gasteiger partial charge on any atom is 0.255 e. The average molecular weight is 401 g/mol. The molecule has 1 amide bonds. The number of rotatable bonds is 4. The van der Waals surface area contributed by atoms with E-state index >= 15 is 0 Å². The third kappa shape index (κ3) is 4.20. The van der Waals surface area contributed by atoms with Crippen LogP contribution in [0.4, 0.5) is 14.5 Å². The van der Waals surface area contributed by atoms with Crippen LogP contribution >= 0.6 is 12.2 Å². The summed E-state index contributed by atoms with van der Waals surface area (Å²) in [6.45, 7) is 5.97. The molecule has 3 rings (SSSR count). The zero-order valence-corrected chi connectivity index (χ0v) is 16.6. The van der Waals surface area contributed by atoms with Gasteiger partial charge in [0, 0.05) is 17.5 Å². The summed E-state index contributed by atoms with van der Waals surface area (Å²) in [5.41, 5.74) is 3.26. The zero-order valence-electron chi connectivity index (χ0n) is 15.8. The van der Waals surface area contributed by atoms with Crippen molar-refractivity contribution < 1.29 is 13.6 Å². The Labute approximate surface area is 168 Å². The Morgan fingerprint density at radius 1 is 1.11 bits per heavy atom. The quantitative estimate of drug-likeness (QED) is 0.660. The van der Waals surface area contributed by atoms with Crippen molar-refractivity contribution in [3.63, 3.8) is 0 Å². The molecule has 2 aromatic carbocycles. The Hall–Kier alpha value is -2.80. The standard InChI is InChI=1S/C21H21F2N3OS/c1-11(2)13-4-6-14(7-5-13)19-18(12(3)24-21(28)26-19)20(27)25-15-8-9-16(22)17(23)10-15/h4-11,19H,1-3H3,(H,25,27)(H2,24,26,28)/t19-/m0/s1. The third-order valence-corrected chi connectivity index (χ3v) is 4.85. The molecular weight excluding hydrogens is 380 g/mol. The SMILES string of the molecule is CC1=C(C(=O)Nc2ccc(F)c(F)c2)[C@H](c2ccc(C(C)C)cc2)NC(=S)N1. The second-order valence-corrected chi connectivity index (χ2v) is 7.38. The number of allylic oxidation sites excluding steroid dienone is 1. The number of anilines is 1. The van der Waals surface area contributed by atoms with E-state index in [2.05, 4.69) is 29.8 Å². The van der Waals surface area contributed by atoms with Gasteiger partial charge in [-0.15, -0.1) is 0 Å². The molecule has 28 heavy (non-hydrogen) atoms. The number of hydrogen-bond donors (Lipinski definition) is 3. The predicted octanol–water partition coefficient (Wildman–Crippen LogP) is 4.52. The molecule has 0 aromatic heterocycles. The number of amides is 1. The molecular formula is C21H21F2N3OS. The zero-order chi connectivity index (χ0) is 20.4. The average Bonchev–Trinajstić information content (AvgIpc) is 2.64. The van der Waals surface area contributed by atoms with Crippen LogP contribution in [-0.4, -0.2) is 11.0 Å². The molecule has 0 radical (unpaired) electrons. The van der Waals surface area contributed by atoms with Crippen LogP contribution < -0.4 is 16.0 Å². The van der Waals surface area contributed by atoms with Crippen molar-refractivity contribution in [3.8, 4) is 0 Å². The van der Waals surface area contributed by atoms with Crippen molar-refractivity contribution in [2.75, 3.05) is 5.32 Å². The molecule has 1 aliphatic rings. The van der Waals surface area contributed by atoms with Crippen LogP contribution in [0.15, 0.2) is 53.7 Å². The summed E-state index contributed by atoms with van der Waals surface area (Å²) in [6, 6.07) is 10.7. The lowest BCUT2D eigenvalue weighted by molar-refractivity contribution is -0.113. The third-order valence-electron chi connectivity index (χ3n) is 4.63. The van der Waals surface area contributed by atoms with Gasteiger partial charge in [0.05, 0.1) is 11.6 Å². The van der Waals surface area contributed by atoms with Gasteiger partial charge in [0.25, 0.3) is 5.91 Å². The van der Waals surface area contributed by atoms with E-state index in [1.165, 1.54) is 11.6 Å². The van der Waals surface area contributed by atoms with E-state index in [9.17, 15) is 13.6 Å². The molecule has 0 bridgehead atoms. The first-order chi connectivity index (χ1) is 13.3. The van der Waals surface area contributed by atoms with Gasteiger partial charge in [-0.3, -0.25) is 4.79 Å². The lowest BCUT2D eigenvalue weighted by atomic mass is 9.92. The summed E-state index contributed by atoms with van der Waals surface area (Å²) < 4.78 is 26.6. The molecule has 0 fully saturated rings. The number of carbonyl (C=O) groups excluding carboxylic acids is 1. The Bertz CT molecular complexity index is 955. The van der Waals surface area contributed by atoms with Crippen LogP contribution in [-0.2, 0) is 4.79 Å². The monoisotopic (exact) mass is 401 g/mol. The van der Waals surface area contributed by atoms with Gasteiger partial charge in [0.15, 0.2) is 16.7 Å². The van der Waals surface area contributed by atoms with Crippen molar-refractivity contribution in [1.82, 2.24) is 10.6 Å². The topological polar surface area (TPSA) is 53.2 Å². The van der Waals surface area contributed by atoms with Gasteiger partial charge in [-0.1, -0.05) is 38.1 Å². The number of thiocarbonyl (C=S) groups is 1. The summed E-state index contributed by atoms with van der Waals surface area (Å²) in [7, 11) is 0. The van der Waals surface area contributed by atoms with Gasteiger partial charge in [0.1, 0.15) is 0 Å². The molecule has 7 heteroatoms. The van der Waals surface area contributed by atoms with Gasteiger partial charge in [-0.2, -0.15) is 0 Å². The van der Waals surface area contributed by atoms with Gasteiger partial charge in [-0.05, 0) is 48.3 Å². The van der Waals surface area contributed by atoms with Gasteiger partial charge >= 0.3 is 0 Å². The molecule has 0 aliphatic carbocycles. The van der Waals surface area contributed by atoms with E-state index in [1.807, 2.05) is 24.3 Å². The summed E-state index contributed by atoms with van der Waals surface area (Å²) in [4.78, 5) is 12.9. The Morgan fingerprint density at radius 2 is 1.79 bits per heavy atom.